The number of hydrogen-bond acceptors (Lipinski definition) is 4. The lowest BCUT2D eigenvalue weighted by Gasteiger charge is -2.04. The van der Waals surface area contributed by atoms with Crippen molar-refractivity contribution in [1.29, 1.82) is 0 Å². The maximum absolute atomic E-state index is 10.8. The number of rotatable bonds is 6. The lowest BCUT2D eigenvalue weighted by molar-refractivity contribution is -0.136. The molecular weight excluding hydrogens is 274 g/mol. The molecule has 2 aromatic rings. The molecule has 0 saturated carbocycles. The molecule has 0 aliphatic carbocycles. The van der Waals surface area contributed by atoms with Crippen LogP contribution in [0.5, 0.6) is 5.75 Å². The number of thiazole rings is 1. The van der Waals surface area contributed by atoms with Crippen LogP contribution in [0.1, 0.15) is 28.1 Å². The first-order valence-electron chi connectivity index (χ1n) is 6.47. The Morgan fingerprint density at radius 3 is 2.90 bits per heavy atom. The summed E-state index contributed by atoms with van der Waals surface area (Å²) in [7, 11) is 0. The van der Waals surface area contributed by atoms with E-state index in [4.69, 9.17) is 9.84 Å². The molecule has 0 saturated heterocycles. The van der Waals surface area contributed by atoms with Gasteiger partial charge in [0.15, 0.2) is 0 Å². The summed E-state index contributed by atoms with van der Waals surface area (Å²) in [6.07, 6.45) is 0.773. The number of hydrogen-bond donors (Lipinski definition) is 1. The summed E-state index contributed by atoms with van der Waals surface area (Å²) in [6.45, 7) is 4.36. The van der Waals surface area contributed by atoms with Crippen molar-refractivity contribution in [2.75, 3.05) is 0 Å². The molecule has 0 spiro atoms. The quantitative estimate of drug-likeness (QED) is 0.887. The molecule has 106 valence electrons. The Balaban J connectivity index is 2.06. The number of carbonyl (C=O) groups is 1. The molecule has 0 radical (unpaired) electrons. The Kier molecular flexibility index (Phi) is 4.74. The van der Waals surface area contributed by atoms with Crippen LogP contribution in [0.4, 0.5) is 0 Å². The summed E-state index contributed by atoms with van der Waals surface area (Å²) in [5, 5.41) is 9.70. The summed E-state index contributed by atoms with van der Waals surface area (Å²) in [5.74, 6) is -0.0208. The maximum Gasteiger partial charge on any atom is 0.308 e. The van der Waals surface area contributed by atoms with E-state index in [0.717, 1.165) is 33.3 Å². The average Bonchev–Trinajstić information content (AvgIpc) is 2.78. The van der Waals surface area contributed by atoms with Crippen molar-refractivity contribution < 1.29 is 14.6 Å². The van der Waals surface area contributed by atoms with Gasteiger partial charge in [-0.3, -0.25) is 4.79 Å². The highest BCUT2D eigenvalue weighted by Gasteiger charge is 2.13. The molecule has 1 aromatic heterocycles. The van der Waals surface area contributed by atoms with Gasteiger partial charge in [0.25, 0.3) is 0 Å². The number of aryl methyl sites for hydroxylation is 2. The number of nitrogens with zero attached hydrogens (tertiary/aromatic N) is 1. The smallest absolute Gasteiger partial charge is 0.308 e. The predicted molar refractivity (Wildman–Crippen MR) is 78.3 cm³/mol. The van der Waals surface area contributed by atoms with Gasteiger partial charge in [-0.05, 0) is 31.0 Å². The first kappa shape index (κ1) is 14.5. The minimum absolute atomic E-state index is 0.0330. The molecule has 5 heteroatoms. The first-order valence-corrected chi connectivity index (χ1v) is 7.29. The normalized spacial score (nSPS) is 10.5. The molecule has 0 amide bonds. The van der Waals surface area contributed by atoms with E-state index < -0.39 is 5.97 Å². The highest BCUT2D eigenvalue weighted by molar-refractivity contribution is 7.11. The van der Waals surface area contributed by atoms with E-state index in [-0.39, 0.29) is 6.42 Å². The lowest BCUT2D eigenvalue weighted by atomic mass is 10.2. The molecule has 2 rings (SSSR count). The SMILES string of the molecule is CCc1nc(COc2cccc(C)c2)sc1CC(=O)O. The Hall–Kier alpha value is -1.88. The third-order valence-corrected chi connectivity index (χ3v) is 3.89. The van der Waals surface area contributed by atoms with Crippen molar-refractivity contribution in [2.45, 2.75) is 33.3 Å². The van der Waals surface area contributed by atoms with E-state index in [1.54, 1.807) is 0 Å². The number of benzene rings is 1. The molecule has 0 atom stereocenters. The van der Waals surface area contributed by atoms with Gasteiger partial charge in [-0.1, -0.05) is 19.1 Å². The third kappa shape index (κ3) is 3.81. The van der Waals surface area contributed by atoms with Crippen molar-refractivity contribution in [3.63, 3.8) is 0 Å². The fourth-order valence-electron chi connectivity index (χ4n) is 1.90. The van der Waals surface area contributed by atoms with Crippen molar-refractivity contribution in [3.05, 3.63) is 45.4 Å². The molecule has 0 unspecified atom stereocenters. The fraction of sp³-hybridized carbons (Fsp3) is 0.333. The molecule has 0 aliphatic heterocycles. The van der Waals surface area contributed by atoms with Gasteiger partial charge in [-0.15, -0.1) is 11.3 Å². The van der Waals surface area contributed by atoms with Gasteiger partial charge in [0.2, 0.25) is 0 Å². The number of ether oxygens (including phenoxy) is 1. The number of carboxylic acid groups (broad SMARTS) is 1. The van der Waals surface area contributed by atoms with Crippen molar-refractivity contribution in [2.24, 2.45) is 0 Å². The van der Waals surface area contributed by atoms with Gasteiger partial charge >= 0.3 is 5.97 Å². The zero-order chi connectivity index (χ0) is 14.5. The number of aromatic nitrogens is 1. The molecule has 1 N–H and O–H groups in total. The highest BCUT2D eigenvalue weighted by Crippen LogP contribution is 2.22. The zero-order valence-corrected chi connectivity index (χ0v) is 12.4. The van der Waals surface area contributed by atoms with E-state index in [9.17, 15) is 4.79 Å². The van der Waals surface area contributed by atoms with Crippen LogP contribution in [0.3, 0.4) is 0 Å². The van der Waals surface area contributed by atoms with Crippen LogP contribution in [0.15, 0.2) is 24.3 Å². The van der Waals surface area contributed by atoms with E-state index in [2.05, 4.69) is 4.98 Å². The average molecular weight is 291 g/mol. The van der Waals surface area contributed by atoms with Crippen LogP contribution in [-0.4, -0.2) is 16.1 Å². The van der Waals surface area contributed by atoms with Gasteiger partial charge in [0, 0.05) is 4.88 Å². The molecule has 0 aliphatic rings. The van der Waals surface area contributed by atoms with Crippen LogP contribution < -0.4 is 4.74 Å². The maximum atomic E-state index is 10.8. The van der Waals surface area contributed by atoms with Gasteiger partial charge in [0.05, 0.1) is 12.1 Å². The van der Waals surface area contributed by atoms with E-state index in [0.29, 0.717) is 6.61 Å². The summed E-state index contributed by atoms with van der Waals surface area (Å²) in [4.78, 5) is 16.1. The minimum atomic E-state index is -0.825. The summed E-state index contributed by atoms with van der Waals surface area (Å²) in [6, 6.07) is 7.82. The Morgan fingerprint density at radius 2 is 2.25 bits per heavy atom. The predicted octanol–water partition coefficient (Wildman–Crippen LogP) is 3.22. The standard InChI is InChI=1S/C15H17NO3S/c1-3-12-13(8-15(17)18)20-14(16-12)9-19-11-6-4-5-10(2)7-11/h4-7H,3,8-9H2,1-2H3,(H,17,18). The Morgan fingerprint density at radius 1 is 1.45 bits per heavy atom. The molecule has 1 heterocycles. The molecule has 4 nitrogen and oxygen atoms in total. The first-order chi connectivity index (χ1) is 9.58. The minimum Gasteiger partial charge on any atom is -0.486 e. The second kappa shape index (κ2) is 6.52. The van der Waals surface area contributed by atoms with Crippen LogP contribution >= 0.6 is 11.3 Å². The topological polar surface area (TPSA) is 59.4 Å². The van der Waals surface area contributed by atoms with Crippen LogP contribution in [0, 0.1) is 6.92 Å². The third-order valence-electron chi connectivity index (χ3n) is 2.82. The van der Waals surface area contributed by atoms with Gasteiger partial charge in [0.1, 0.15) is 17.4 Å². The number of carboxylic acids is 1. The number of aliphatic carboxylic acids is 1. The Bertz CT molecular complexity index is 607. The van der Waals surface area contributed by atoms with Gasteiger partial charge in [-0.25, -0.2) is 4.98 Å². The monoisotopic (exact) mass is 291 g/mol. The molecule has 20 heavy (non-hydrogen) atoms. The molecule has 0 bridgehead atoms. The summed E-state index contributed by atoms with van der Waals surface area (Å²) < 4.78 is 5.69. The van der Waals surface area contributed by atoms with Crippen LogP contribution in [0.25, 0.3) is 0 Å². The fourth-order valence-corrected chi connectivity index (χ4v) is 2.96. The van der Waals surface area contributed by atoms with E-state index in [1.165, 1.54) is 11.3 Å². The highest BCUT2D eigenvalue weighted by atomic mass is 32.1. The second-order valence-corrected chi connectivity index (χ2v) is 5.67. The van der Waals surface area contributed by atoms with Gasteiger partial charge < -0.3 is 9.84 Å². The van der Waals surface area contributed by atoms with Crippen molar-refractivity contribution in [1.82, 2.24) is 4.98 Å². The van der Waals surface area contributed by atoms with Crippen LogP contribution in [0.2, 0.25) is 0 Å². The van der Waals surface area contributed by atoms with E-state index in [1.807, 2.05) is 38.1 Å². The second-order valence-electron chi connectivity index (χ2n) is 4.51. The summed E-state index contributed by atoms with van der Waals surface area (Å²) in [5.41, 5.74) is 2.00. The van der Waals surface area contributed by atoms with Crippen molar-refractivity contribution >= 4 is 17.3 Å². The van der Waals surface area contributed by atoms with Gasteiger partial charge in [-0.2, -0.15) is 0 Å². The molecular formula is C15H17NO3S. The van der Waals surface area contributed by atoms with Crippen LogP contribution in [-0.2, 0) is 24.2 Å². The van der Waals surface area contributed by atoms with Crippen molar-refractivity contribution in [3.8, 4) is 5.75 Å². The Labute approximate surface area is 122 Å². The van der Waals surface area contributed by atoms with E-state index >= 15 is 0 Å². The largest absolute Gasteiger partial charge is 0.486 e. The molecule has 1 aromatic carbocycles. The summed E-state index contributed by atoms with van der Waals surface area (Å²) >= 11 is 1.42. The lowest BCUT2D eigenvalue weighted by Crippen LogP contribution is -2.00. The molecule has 0 fully saturated rings. The zero-order valence-electron chi connectivity index (χ0n) is 11.5.